The molecule has 0 saturated carbocycles. The molecule has 6 heteroatoms. The van der Waals surface area contributed by atoms with Crippen LogP contribution in [0.1, 0.15) is 30.0 Å². The minimum Gasteiger partial charge on any atom is -0.451 e. The third-order valence-corrected chi connectivity index (χ3v) is 3.30. The van der Waals surface area contributed by atoms with E-state index in [1.807, 2.05) is 39.0 Å². The van der Waals surface area contributed by atoms with E-state index in [1.54, 1.807) is 0 Å². The summed E-state index contributed by atoms with van der Waals surface area (Å²) in [6.45, 7) is 5.98. The van der Waals surface area contributed by atoms with Crippen molar-refractivity contribution in [1.29, 1.82) is 0 Å². The number of rotatable bonds is 3. The largest absolute Gasteiger partial charge is 0.451 e. The number of carbonyl (C=O) groups is 1. The maximum atomic E-state index is 12.1. The van der Waals surface area contributed by atoms with Crippen molar-refractivity contribution in [2.45, 2.75) is 26.3 Å². The van der Waals surface area contributed by atoms with Gasteiger partial charge < -0.3 is 15.5 Å². The molecular weight excluding hydrogens is 344 g/mol. The van der Waals surface area contributed by atoms with E-state index in [4.69, 9.17) is 10.2 Å². The van der Waals surface area contributed by atoms with Crippen molar-refractivity contribution in [3.8, 4) is 0 Å². The molecule has 1 heterocycles. The number of hydrogen-bond acceptors (Lipinski definition) is 3. The van der Waals surface area contributed by atoms with Crippen LogP contribution in [-0.2, 0) is 0 Å². The molecule has 0 unspecified atom stereocenters. The van der Waals surface area contributed by atoms with Gasteiger partial charge in [-0.1, -0.05) is 15.9 Å². The average molecular weight is 362 g/mol. The highest BCUT2D eigenvalue weighted by Gasteiger charge is 2.19. The fraction of sp³-hybridized carbons (Fsp3) is 0.357. The number of furan rings is 1. The number of nitrogens with two attached hydrogens (primary N) is 1. The first-order valence-corrected chi connectivity index (χ1v) is 6.83. The van der Waals surface area contributed by atoms with Gasteiger partial charge in [0.15, 0.2) is 5.76 Å². The summed E-state index contributed by atoms with van der Waals surface area (Å²) in [4.78, 5) is 12.1. The Morgan fingerprint density at radius 3 is 2.70 bits per heavy atom. The predicted octanol–water partition coefficient (Wildman–Crippen LogP) is 3.39. The molecule has 2 rings (SSSR count). The van der Waals surface area contributed by atoms with E-state index in [1.165, 1.54) is 0 Å². The van der Waals surface area contributed by atoms with Crippen LogP contribution >= 0.6 is 28.3 Å². The molecule has 1 aromatic carbocycles. The number of aryl methyl sites for hydroxylation is 1. The van der Waals surface area contributed by atoms with E-state index in [9.17, 15) is 4.79 Å². The molecule has 0 radical (unpaired) electrons. The lowest BCUT2D eigenvalue weighted by Crippen LogP contribution is -2.45. The van der Waals surface area contributed by atoms with Crippen LogP contribution in [0.5, 0.6) is 0 Å². The van der Waals surface area contributed by atoms with Gasteiger partial charge in [0, 0.05) is 27.5 Å². The molecule has 1 amide bonds. The number of halogens is 2. The molecule has 0 saturated heterocycles. The smallest absolute Gasteiger partial charge is 0.287 e. The summed E-state index contributed by atoms with van der Waals surface area (Å²) in [6.07, 6.45) is 0. The van der Waals surface area contributed by atoms with Gasteiger partial charge in [-0.15, -0.1) is 12.4 Å². The quantitative estimate of drug-likeness (QED) is 0.880. The predicted molar refractivity (Wildman–Crippen MR) is 86.5 cm³/mol. The standard InChI is InChI=1S/C14H17BrN2O2.ClH/c1-8-10-6-9(15)4-5-11(10)19-12(8)13(18)17-7-14(2,3)16;/h4-6H,7,16H2,1-3H3,(H,17,18);1H. The van der Waals surface area contributed by atoms with Gasteiger partial charge >= 0.3 is 0 Å². The van der Waals surface area contributed by atoms with E-state index in [-0.39, 0.29) is 18.3 Å². The summed E-state index contributed by atoms with van der Waals surface area (Å²) >= 11 is 3.41. The van der Waals surface area contributed by atoms with Crippen molar-refractivity contribution in [1.82, 2.24) is 5.32 Å². The Bertz CT molecular complexity index is 632. The molecule has 0 fully saturated rings. The second kappa shape index (κ2) is 6.16. The number of benzene rings is 1. The van der Waals surface area contributed by atoms with Gasteiger partial charge in [-0.3, -0.25) is 4.79 Å². The van der Waals surface area contributed by atoms with Crippen LogP contribution in [0.2, 0.25) is 0 Å². The monoisotopic (exact) mass is 360 g/mol. The van der Waals surface area contributed by atoms with E-state index in [0.717, 1.165) is 15.4 Å². The Kier molecular flexibility index (Phi) is 5.24. The summed E-state index contributed by atoms with van der Waals surface area (Å²) in [5.41, 5.74) is 6.94. The Balaban J connectivity index is 0.00000200. The van der Waals surface area contributed by atoms with Gasteiger partial charge in [0.25, 0.3) is 5.91 Å². The van der Waals surface area contributed by atoms with Crippen LogP contribution in [0.3, 0.4) is 0 Å². The van der Waals surface area contributed by atoms with Gasteiger partial charge in [0.05, 0.1) is 0 Å². The van der Waals surface area contributed by atoms with Gasteiger partial charge in [0.2, 0.25) is 0 Å². The third kappa shape index (κ3) is 3.75. The van der Waals surface area contributed by atoms with Crippen molar-refractivity contribution in [2.75, 3.05) is 6.54 Å². The molecule has 0 aliphatic heterocycles. The second-order valence-electron chi connectivity index (χ2n) is 5.37. The average Bonchev–Trinajstić information content (AvgIpc) is 2.63. The van der Waals surface area contributed by atoms with Crippen molar-refractivity contribution < 1.29 is 9.21 Å². The highest BCUT2D eigenvalue weighted by Crippen LogP contribution is 2.27. The topological polar surface area (TPSA) is 68.3 Å². The summed E-state index contributed by atoms with van der Waals surface area (Å²) < 4.78 is 6.56. The first kappa shape index (κ1) is 17.0. The lowest BCUT2D eigenvalue weighted by atomic mass is 10.1. The molecule has 0 aliphatic carbocycles. The van der Waals surface area contributed by atoms with E-state index in [0.29, 0.717) is 17.9 Å². The lowest BCUT2D eigenvalue weighted by Gasteiger charge is -2.18. The first-order chi connectivity index (χ1) is 8.78. The second-order valence-corrected chi connectivity index (χ2v) is 6.28. The summed E-state index contributed by atoms with van der Waals surface area (Å²) in [5, 5.41) is 3.72. The van der Waals surface area contributed by atoms with E-state index in [2.05, 4.69) is 21.2 Å². The van der Waals surface area contributed by atoms with Crippen molar-refractivity contribution in [3.05, 3.63) is 34.0 Å². The normalized spacial score (nSPS) is 11.2. The molecule has 1 aromatic heterocycles. The molecule has 4 nitrogen and oxygen atoms in total. The minimum atomic E-state index is -0.446. The molecule has 2 aromatic rings. The van der Waals surface area contributed by atoms with Gasteiger partial charge in [0.1, 0.15) is 5.58 Å². The Labute approximate surface area is 132 Å². The zero-order valence-corrected chi connectivity index (χ0v) is 14.0. The number of hydrogen-bond donors (Lipinski definition) is 2. The first-order valence-electron chi connectivity index (χ1n) is 6.04. The summed E-state index contributed by atoms with van der Waals surface area (Å²) in [7, 11) is 0. The lowest BCUT2D eigenvalue weighted by molar-refractivity contribution is 0.0919. The number of fused-ring (bicyclic) bond motifs is 1. The SMILES string of the molecule is Cc1c(C(=O)NCC(C)(C)N)oc2ccc(Br)cc12.Cl. The number of carbonyl (C=O) groups excluding carboxylic acids is 1. The summed E-state index contributed by atoms with van der Waals surface area (Å²) in [6, 6.07) is 5.67. The van der Waals surface area contributed by atoms with Gasteiger partial charge in [-0.05, 0) is 39.0 Å². The fourth-order valence-corrected chi connectivity index (χ4v) is 2.16. The molecule has 0 bridgehead atoms. The Morgan fingerprint density at radius 2 is 2.10 bits per heavy atom. The van der Waals surface area contributed by atoms with Crippen LogP contribution in [-0.4, -0.2) is 18.0 Å². The molecule has 20 heavy (non-hydrogen) atoms. The fourth-order valence-electron chi connectivity index (χ4n) is 1.80. The zero-order valence-electron chi connectivity index (χ0n) is 11.6. The van der Waals surface area contributed by atoms with Crippen molar-refractivity contribution in [3.63, 3.8) is 0 Å². The molecule has 3 N–H and O–H groups in total. The highest BCUT2D eigenvalue weighted by atomic mass is 79.9. The highest BCUT2D eigenvalue weighted by molar-refractivity contribution is 9.10. The number of amides is 1. The van der Waals surface area contributed by atoms with Crippen LogP contribution in [0.4, 0.5) is 0 Å². The maximum absolute atomic E-state index is 12.1. The maximum Gasteiger partial charge on any atom is 0.287 e. The van der Waals surface area contributed by atoms with Crippen LogP contribution in [0.15, 0.2) is 27.1 Å². The molecule has 0 spiro atoms. The van der Waals surface area contributed by atoms with Crippen LogP contribution in [0.25, 0.3) is 11.0 Å². The Hall–Kier alpha value is -1.04. The third-order valence-electron chi connectivity index (χ3n) is 2.81. The molecule has 0 atom stereocenters. The van der Waals surface area contributed by atoms with E-state index < -0.39 is 5.54 Å². The van der Waals surface area contributed by atoms with Gasteiger partial charge in [-0.2, -0.15) is 0 Å². The Morgan fingerprint density at radius 1 is 1.45 bits per heavy atom. The zero-order chi connectivity index (χ0) is 14.2. The molecule has 0 aliphatic rings. The van der Waals surface area contributed by atoms with Crippen LogP contribution in [0, 0.1) is 6.92 Å². The van der Waals surface area contributed by atoms with Crippen molar-refractivity contribution >= 4 is 45.2 Å². The van der Waals surface area contributed by atoms with Crippen LogP contribution < -0.4 is 11.1 Å². The summed E-state index contributed by atoms with van der Waals surface area (Å²) in [5.74, 6) is 0.112. The minimum absolute atomic E-state index is 0. The van der Waals surface area contributed by atoms with Gasteiger partial charge in [-0.25, -0.2) is 0 Å². The number of nitrogens with one attached hydrogen (secondary N) is 1. The molecular formula is C14H18BrClN2O2. The van der Waals surface area contributed by atoms with Crippen molar-refractivity contribution in [2.24, 2.45) is 5.73 Å². The van der Waals surface area contributed by atoms with E-state index >= 15 is 0 Å². The molecule has 110 valence electrons.